The molecule has 2 saturated heterocycles. The summed E-state index contributed by atoms with van der Waals surface area (Å²) in [4.78, 5) is 9.43. The quantitative estimate of drug-likeness (QED) is 0.740. The van der Waals surface area contributed by atoms with E-state index in [-0.39, 0.29) is 0 Å². The largest absolute Gasteiger partial charge is 0.354 e. The molecule has 18 heavy (non-hydrogen) atoms. The first kappa shape index (κ1) is 10.3. The maximum absolute atomic E-state index is 4.56. The zero-order valence-corrected chi connectivity index (χ0v) is 10.5. The lowest BCUT2D eigenvalue weighted by molar-refractivity contribution is 0.387. The molecular formula is C13H17N5. The van der Waals surface area contributed by atoms with Crippen molar-refractivity contribution >= 4 is 11.3 Å². The summed E-state index contributed by atoms with van der Waals surface area (Å²) in [6, 6.07) is 2.04. The Morgan fingerprint density at radius 2 is 1.89 bits per heavy atom. The van der Waals surface area contributed by atoms with Gasteiger partial charge in [0, 0.05) is 38.6 Å². The van der Waals surface area contributed by atoms with E-state index in [1.165, 1.54) is 13.1 Å². The molecule has 2 aliphatic heterocycles. The highest BCUT2D eigenvalue weighted by Crippen LogP contribution is 2.33. The van der Waals surface area contributed by atoms with Crippen LogP contribution >= 0.6 is 0 Å². The van der Waals surface area contributed by atoms with E-state index in [1.54, 1.807) is 0 Å². The molecule has 5 nitrogen and oxygen atoms in total. The van der Waals surface area contributed by atoms with Gasteiger partial charge in [0.15, 0.2) is 5.82 Å². The molecule has 0 aliphatic carbocycles. The number of rotatable bonds is 1. The van der Waals surface area contributed by atoms with Crippen molar-refractivity contribution < 1.29 is 0 Å². The van der Waals surface area contributed by atoms with Gasteiger partial charge in [-0.3, -0.25) is 0 Å². The second-order valence-electron chi connectivity index (χ2n) is 5.56. The van der Waals surface area contributed by atoms with Crippen LogP contribution in [0, 0.1) is 11.8 Å². The molecule has 4 rings (SSSR count). The SMILES string of the molecule is CN1CC2CN(c3nccn4nccc34)CC2C1. The lowest BCUT2D eigenvalue weighted by atomic mass is 10.0. The first-order valence-corrected chi connectivity index (χ1v) is 6.53. The molecule has 2 fully saturated rings. The van der Waals surface area contributed by atoms with E-state index in [9.17, 15) is 0 Å². The molecule has 2 aliphatic rings. The summed E-state index contributed by atoms with van der Waals surface area (Å²) in [5.41, 5.74) is 1.12. The number of fused-ring (bicyclic) bond motifs is 2. The van der Waals surface area contributed by atoms with Crippen molar-refractivity contribution in [3.8, 4) is 0 Å². The first-order valence-electron chi connectivity index (χ1n) is 6.53. The number of aromatic nitrogens is 3. The summed E-state index contributed by atoms with van der Waals surface area (Å²) >= 11 is 0. The van der Waals surface area contributed by atoms with Crippen LogP contribution in [0.3, 0.4) is 0 Å². The molecule has 0 bridgehead atoms. The zero-order chi connectivity index (χ0) is 12.1. The van der Waals surface area contributed by atoms with Crippen LogP contribution in [-0.2, 0) is 0 Å². The lowest BCUT2D eigenvalue weighted by Crippen LogP contribution is -2.27. The maximum Gasteiger partial charge on any atom is 0.154 e. The summed E-state index contributed by atoms with van der Waals surface area (Å²) in [6.07, 6.45) is 5.59. The van der Waals surface area contributed by atoms with Crippen molar-refractivity contribution in [1.82, 2.24) is 19.5 Å². The monoisotopic (exact) mass is 243 g/mol. The molecule has 2 atom stereocenters. The number of nitrogens with zero attached hydrogens (tertiary/aromatic N) is 5. The molecule has 5 heteroatoms. The first-order chi connectivity index (χ1) is 8.81. The molecule has 0 radical (unpaired) electrons. The number of anilines is 1. The number of hydrogen-bond acceptors (Lipinski definition) is 4. The van der Waals surface area contributed by atoms with Crippen molar-refractivity contribution in [3.05, 3.63) is 24.7 Å². The van der Waals surface area contributed by atoms with Gasteiger partial charge in [0.05, 0.1) is 6.20 Å². The van der Waals surface area contributed by atoms with Gasteiger partial charge in [0.25, 0.3) is 0 Å². The van der Waals surface area contributed by atoms with Crippen LogP contribution in [0.2, 0.25) is 0 Å². The van der Waals surface area contributed by atoms with Crippen molar-refractivity contribution in [2.24, 2.45) is 11.8 Å². The van der Waals surface area contributed by atoms with E-state index < -0.39 is 0 Å². The van der Waals surface area contributed by atoms with Crippen LogP contribution in [0.1, 0.15) is 0 Å². The van der Waals surface area contributed by atoms with E-state index in [4.69, 9.17) is 0 Å². The van der Waals surface area contributed by atoms with Crippen molar-refractivity contribution in [3.63, 3.8) is 0 Å². The van der Waals surface area contributed by atoms with Gasteiger partial charge in [0.2, 0.25) is 0 Å². The third-order valence-electron chi connectivity index (χ3n) is 4.27. The predicted octanol–water partition coefficient (Wildman–Crippen LogP) is 0.727. The van der Waals surface area contributed by atoms with E-state index in [1.807, 2.05) is 29.2 Å². The second-order valence-corrected chi connectivity index (χ2v) is 5.56. The summed E-state index contributed by atoms with van der Waals surface area (Å²) in [5, 5.41) is 4.28. The van der Waals surface area contributed by atoms with E-state index >= 15 is 0 Å². The van der Waals surface area contributed by atoms with Crippen LogP contribution in [-0.4, -0.2) is 52.7 Å². The molecular weight excluding hydrogens is 226 g/mol. The molecule has 4 heterocycles. The Hall–Kier alpha value is -1.62. The Morgan fingerprint density at radius 1 is 1.11 bits per heavy atom. The van der Waals surface area contributed by atoms with Gasteiger partial charge in [-0.05, 0) is 24.9 Å². The van der Waals surface area contributed by atoms with Crippen molar-refractivity contribution in [2.45, 2.75) is 0 Å². The maximum atomic E-state index is 4.56. The van der Waals surface area contributed by atoms with E-state index in [0.29, 0.717) is 0 Å². The zero-order valence-electron chi connectivity index (χ0n) is 10.5. The van der Waals surface area contributed by atoms with Gasteiger partial charge in [-0.25, -0.2) is 9.50 Å². The van der Waals surface area contributed by atoms with E-state index in [0.717, 1.165) is 36.3 Å². The third kappa shape index (κ3) is 1.43. The molecule has 0 amide bonds. The molecule has 0 N–H and O–H groups in total. The fraction of sp³-hybridized carbons (Fsp3) is 0.538. The summed E-state index contributed by atoms with van der Waals surface area (Å²) in [7, 11) is 2.22. The van der Waals surface area contributed by atoms with Crippen LogP contribution in [0.15, 0.2) is 24.7 Å². The van der Waals surface area contributed by atoms with Gasteiger partial charge in [-0.15, -0.1) is 0 Å². The Morgan fingerprint density at radius 3 is 2.67 bits per heavy atom. The summed E-state index contributed by atoms with van der Waals surface area (Å²) in [5.74, 6) is 2.70. The molecule has 2 aromatic rings. The van der Waals surface area contributed by atoms with Crippen molar-refractivity contribution in [2.75, 3.05) is 38.1 Å². The molecule has 0 aromatic carbocycles. The van der Waals surface area contributed by atoms with Gasteiger partial charge < -0.3 is 9.80 Å². The highest BCUT2D eigenvalue weighted by molar-refractivity contribution is 5.68. The minimum atomic E-state index is 0.806. The Kier molecular flexibility index (Phi) is 2.11. The smallest absolute Gasteiger partial charge is 0.154 e. The normalized spacial score (nSPS) is 28.2. The Balaban J connectivity index is 1.67. The second kappa shape index (κ2) is 3.68. The van der Waals surface area contributed by atoms with Gasteiger partial charge in [-0.2, -0.15) is 5.10 Å². The van der Waals surface area contributed by atoms with Crippen molar-refractivity contribution in [1.29, 1.82) is 0 Å². The lowest BCUT2D eigenvalue weighted by Gasteiger charge is -2.20. The molecule has 0 saturated carbocycles. The summed E-state index contributed by atoms with van der Waals surface area (Å²) in [6.45, 7) is 4.72. The van der Waals surface area contributed by atoms with Gasteiger partial charge in [-0.1, -0.05) is 0 Å². The highest BCUT2D eigenvalue weighted by Gasteiger charge is 2.39. The van der Waals surface area contributed by atoms with Gasteiger partial charge in [0.1, 0.15) is 5.52 Å². The van der Waals surface area contributed by atoms with Crippen LogP contribution < -0.4 is 4.90 Å². The Labute approximate surface area is 106 Å². The highest BCUT2D eigenvalue weighted by atomic mass is 15.3. The van der Waals surface area contributed by atoms with E-state index in [2.05, 4.69) is 26.9 Å². The van der Waals surface area contributed by atoms with Crippen LogP contribution in [0.5, 0.6) is 0 Å². The third-order valence-corrected chi connectivity index (χ3v) is 4.27. The fourth-order valence-corrected chi connectivity index (χ4v) is 3.49. The molecule has 2 unspecified atom stereocenters. The molecule has 2 aromatic heterocycles. The fourth-order valence-electron chi connectivity index (χ4n) is 3.49. The standard InChI is InChI=1S/C13H17N5/c1-16-6-10-8-17(9-11(10)7-16)13-12-2-3-15-18(12)5-4-14-13/h2-5,10-11H,6-9H2,1H3. The summed E-state index contributed by atoms with van der Waals surface area (Å²) < 4.78 is 1.91. The van der Waals surface area contributed by atoms with Gasteiger partial charge >= 0.3 is 0 Å². The average molecular weight is 243 g/mol. The van der Waals surface area contributed by atoms with Crippen LogP contribution in [0.4, 0.5) is 5.82 Å². The predicted molar refractivity (Wildman–Crippen MR) is 69.7 cm³/mol. The van der Waals surface area contributed by atoms with Crippen LogP contribution in [0.25, 0.3) is 5.52 Å². The molecule has 94 valence electrons. The topological polar surface area (TPSA) is 36.7 Å². The average Bonchev–Trinajstić information content (AvgIpc) is 3.00. The minimum Gasteiger partial charge on any atom is -0.354 e. The minimum absolute atomic E-state index is 0.806. The Bertz CT molecular complexity index is 564. The number of hydrogen-bond donors (Lipinski definition) is 0. The number of likely N-dealkylation sites (tertiary alicyclic amines) is 1. The molecule has 0 spiro atoms.